The van der Waals surface area contributed by atoms with Gasteiger partial charge >= 0.3 is 0 Å². The summed E-state index contributed by atoms with van der Waals surface area (Å²) in [6.07, 6.45) is 0.830. The van der Waals surface area contributed by atoms with Gasteiger partial charge in [0.05, 0.1) is 16.5 Å². The second-order valence-electron chi connectivity index (χ2n) is 6.61. The lowest BCUT2D eigenvalue weighted by Gasteiger charge is -2.34. The van der Waals surface area contributed by atoms with Gasteiger partial charge in [-0.15, -0.1) is 0 Å². The Bertz CT molecular complexity index is 851. The summed E-state index contributed by atoms with van der Waals surface area (Å²) in [7, 11) is -3.55. The molecule has 5 nitrogen and oxygen atoms in total. The topological polar surface area (TPSA) is 49.9 Å². The van der Waals surface area contributed by atoms with Crippen LogP contribution in [0.2, 0.25) is 5.02 Å². The third kappa shape index (κ3) is 5.02. The molecule has 3 rings (SSSR count). The fraction of sp³-hybridized carbons (Fsp3) is 0.400. The van der Waals surface area contributed by atoms with E-state index in [-0.39, 0.29) is 4.90 Å². The number of hydrogen-bond donors (Lipinski definition) is 0. The molecule has 0 aromatic heterocycles. The van der Waals surface area contributed by atoms with Gasteiger partial charge < -0.3 is 4.74 Å². The van der Waals surface area contributed by atoms with E-state index >= 15 is 0 Å². The third-order valence-corrected chi connectivity index (χ3v) is 6.79. The largest absolute Gasteiger partial charge is 0.492 e. The number of sulfonamides is 1. The number of piperazine rings is 1. The van der Waals surface area contributed by atoms with Crippen LogP contribution in [0.15, 0.2) is 53.4 Å². The van der Waals surface area contributed by atoms with Crippen molar-refractivity contribution in [3.05, 3.63) is 59.1 Å². The predicted molar refractivity (Wildman–Crippen MR) is 108 cm³/mol. The average Bonchev–Trinajstić information content (AvgIpc) is 2.68. The van der Waals surface area contributed by atoms with Crippen molar-refractivity contribution < 1.29 is 13.2 Å². The van der Waals surface area contributed by atoms with Crippen LogP contribution in [0.4, 0.5) is 0 Å². The lowest BCUT2D eigenvalue weighted by atomic mass is 10.2. The van der Waals surface area contributed by atoms with E-state index in [0.717, 1.165) is 13.0 Å². The Labute approximate surface area is 166 Å². The molecule has 1 heterocycles. The Balaban J connectivity index is 1.66. The highest BCUT2D eigenvalue weighted by atomic mass is 35.5. The van der Waals surface area contributed by atoms with Crippen molar-refractivity contribution in [3.63, 3.8) is 0 Å². The highest BCUT2D eigenvalue weighted by Crippen LogP contribution is 2.29. The Hall–Kier alpha value is -1.60. The van der Waals surface area contributed by atoms with E-state index in [1.165, 1.54) is 11.6 Å². The molecule has 27 heavy (non-hydrogen) atoms. The maximum absolute atomic E-state index is 13.0. The molecule has 1 aliphatic heterocycles. The molecule has 1 saturated heterocycles. The number of hydrogen-bond acceptors (Lipinski definition) is 4. The van der Waals surface area contributed by atoms with E-state index < -0.39 is 10.0 Å². The van der Waals surface area contributed by atoms with Gasteiger partial charge in [0.2, 0.25) is 10.0 Å². The number of ether oxygens (including phenoxy) is 1. The molecular weight excluding hydrogens is 384 g/mol. The monoisotopic (exact) mass is 408 g/mol. The van der Waals surface area contributed by atoms with Gasteiger partial charge in [-0.3, -0.25) is 4.90 Å². The van der Waals surface area contributed by atoms with Crippen molar-refractivity contribution in [1.29, 1.82) is 0 Å². The van der Waals surface area contributed by atoms with Crippen LogP contribution in [0.25, 0.3) is 0 Å². The van der Waals surface area contributed by atoms with Crippen LogP contribution in [0.5, 0.6) is 5.75 Å². The Morgan fingerprint density at radius 3 is 2.41 bits per heavy atom. The molecule has 2 aromatic rings. The van der Waals surface area contributed by atoms with Crippen molar-refractivity contribution in [2.24, 2.45) is 0 Å². The zero-order valence-electron chi connectivity index (χ0n) is 15.5. The Morgan fingerprint density at radius 2 is 1.74 bits per heavy atom. The molecule has 2 aromatic carbocycles. The third-order valence-electron chi connectivity index (χ3n) is 4.58. The van der Waals surface area contributed by atoms with Gasteiger partial charge in [0.25, 0.3) is 0 Å². The lowest BCUT2D eigenvalue weighted by Crippen LogP contribution is -2.48. The van der Waals surface area contributed by atoms with Crippen LogP contribution in [0, 0.1) is 0 Å². The molecule has 0 saturated carbocycles. The van der Waals surface area contributed by atoms with Crippen molar-refractivity contribution >= 4 is 21.6 Å². The van der Waals surface area contributed by atoms with Crippen LogP contribution in [0.1, 0.15) is 18.9 Å². The first-order chi connectivity index (χ1) is 13.0. The molecule has 0 unspecified atom stereocenters. The van der Waals surface area contributed by atoms with Gasteiger partial charge in [-0.2, -0.15) is 4.31 Å². The van der Waals surface area contributed by atoms with Gasteiger partial charge in [-0.05, 0) is 24.1 Å². The molecule has 0 atom stereocenters. The summed E-state index contributed by atoms with van der Waals surface area (Å²) < 4.78 is 33.1. The fourth-order valence-corrected chi connectivity index (χ4v) is 4.70. The van der Waals surface area contributed by atoms with Crippen LogP contribution in [-0.2, 0) is 16.6 Å². The minimum absolute atomic E-state index is 0.231. The molecule has 0 aliphatic carbocycles. The first-order valence-corrected chi connectivity index (χ1v) is 11.0. The molecule has 0 amide bonds. The molecule has 0 radical (unpaired) electrons. The molecule has 1 fully saturated rings. The smallest absolute Gasteiger partial charge is 0.243 e. The minimum atomic E-state index is -3.55. The first kappa shape index (κ1) is 20.1. The van der Waals surface area contributed by atoms with Gasteiger partial charge in [0.1, 0.15) is 5.75 Å². The fourth-order valence-electron chi connectivity index (χ4n) is 3.09. The van der Waals surface area contributed by atoms with E-state index in [9.17, 15) is 8.42 Å². The van der Waals surface area contributed by atoms with Crippen molar-refractivity contribution in [2.75, 3.05) is 32.8 Å². The van der Waals surface area contributed by atoms with Crippen LogP contribution in [-0.4, -0.2) is 50.4 Å². The summed E-state index contributed by atoms with van der Waals surface area (Å²) in [5.74, 6) is 0.419. The number of nitrogens with zero attached hydrogens (tertiary/aromatic N) is 2. The molecule has 0 bridgehead atoms. The zero-order chi connectivity index (χ0) is 19.3. The Morgan fingerprint density at radius 1 is 1.04 bits per heavy atom. The molecule has 0 spiro atoms. The van der Waals surface area contributed by atoms with E-state index in [0.29, 0.717) is 43.6 Å². The maximum atomic E-state index is 13.0. The van der Waals surface area contributed by atoms with E-state index in [1.54, 1.807) is 16.4 Å². The second kappa shape index (κ2) is 9.06. The van der Waals surface area contributed by atoms with Crippen molar-refractivity contribution in [3.8, 4) is 5.75 Å². The van der Waals surface area contributed by atoms with Crippen LogP contribution < -0.4 is 4.74 Å². The lowest BCUT2D eigenvalue weighted by molar-refractivity contribution is 0.181. The number of halogens is 1. The standard InChI is InChI=1S/C20H25ClN2O3S/c1-2-14-26-20-15-18(8-9-19(20)21)27(24,25)23-12-10-22(11-13-23)16-17-6-4-3-5-7-17/h3-9,15H,2,10-14,16H2,1H3. The van der Waals surface area contributed by atoms with E-state index in [2.05, 4.69) is 17.0 Å². The summed E-state index contributed by atoms with van der Waals surface area (Å²) in [6, 6.07) is 14.9. The number of rotatable bonds is 7. The predicted octanol–water partition coefficient (Wildman–Crippen LogP) is 3.64. The molecule has 1 aliphatic rings. The molecular formula is C20H25ClN2O3S. The summed E-state index contributed by atoms with van der Waals surface area (Å²) in [4.78, 5) is 2.51. The van der Waals surface area contributed by atoms with Gasteiger partial charge in [0.15, 0.2) is 0 Å². The van der Waals surface area contributed by atoms with Crippen molar-refractivity contribution in [2.45, 2.75) is 24.8 Å². The van der Waals surface area contributed by atoms with Gasteiger partial charge in [-0.25, -0.2) is 8.42 Å². The Kier molecular flexibility index (Phi) is 6.76. The zero-order valence-corrected chi connectivity index (χ0v) is 17.0. The SMILES string of the molecule is CCCOc1cc(S(=O)(=O)N2CCN(Cc3ccccc3)CC2)ccc1Cl. The van der Waals surface area contributed by atoms with Gasteiger partial charge in [-0.1, -0.05) is 48.9 Å². The van der Waals surface area contributed by atoms with Crippen molar-refractivity contribution in [1.82, 2.24) is 9.21 Å². The quantitative estimate of drug-likeness (QED) is 0.701. The summed E-state index contributed by atoms with van der Waals surface area (Å²) in [5.41, 5.74) is 1.24. The van der Waals surface area contributed by atoms with Crippen LogP contribution >= 0.6 is 11.6 Å². The van der Waals surface area contributed by atoms with Gasteiger partial charge in [0, 0.05) is 38.8 Å². The summed E-state index contributed by atoms with van der Waals surface area (Å²) >= 11 is 6.12. The summed E-state index contributed by atoms with van der Waals surface area (Å²) in [5, 5.41) is 0.426. The van der Waals surface area contributed by atoms with Crippen LogP contribution in [0.3, 0.4) is 0 Å². The molecule has 0 N–H and O–H groups in total. The average molecular weight is 409 g/mol. The summed E-state index contributed by atoms with van der Waals surface area (Å²) in [6.45, 7) is 5.70. The highest BCUT2D eigenvalue weighted by molar-refractivity contribution is 7.89. The first-order valence-electron chi connectivity index (χ1n) is 9.19. The minimum Gasteiger partial charge on any atom is -0.492 e. The second-order valence-corrected chi connectivity index (χ2v) is 8.95. The van der Waals surface area contributed by atoms with E-state index in [4.69, 9.17) is 16.3 Å². The van der Waals surface area contributed by atoms with E-state index in [1.807, 2.05) is 25.1 Å². The highest BCUT2D eigenvalue weighted by Gasteiger charge is 2.29. The normalized spacial score (nSPS) is 16.4. The number of benzene rings is 2. The maximum Gasteiger partial charge on any atom is 0.243 e. The molecule has 7 heteroatoms. The molecule has 146 valence electrons.